The van der Waals surface area contributed by atoms with Gasteiger partial charge in [-0.25, -0.2) is 8.78 Å². The fraction of sp³-hybridized carbons (Fsp3) is 0.114. The van der Waals surface area contributed by atoms with E-state index in [-0.39, 0.29) is 11.6 Å². The summed E-state index contributed by atoms with van der Waals surface area (Å²) < 4.78 is 28.1. The van der Waals surface area contributed by atoms with Gasteiger partial charge < -0.3 is 0 Å². The second kappa shape index (κ2) is 9.29. The third-order valence-corrected chi connectivity index (χ3v) is 7.36. The van der Waals surface area contributed by atoms with E-state index in [2.05, 4.69) is 42.7 Å². The number of rotatable bonds is 4. The van der Waals surface area contributed by atoms with Gasteiger partial charge >= 0.3 is 0 Å². The monoisotopic (exact) mass is 495 g/mol. The number of benzene rings is 4. The maximum atomic E-state index is 14.1. The molecule has 0 fully saturated rings. The summed E-state index contributed by atoms with van der Waals surface area (Å²) >= 11 is 0. The Bertz CT molecular complexity index is 2060. The Morgan fingerprint density at radius 1 is 0.763 bits per heavy atom. The number of nitriles is 1. The second-order valence-corrected chi connectivity index (χ2v) is 9.44. The third-order valence-electron chi connectivity index (χ3n) is 7.36. The normalized spacial score (nSPS) is 14.9. The molecule has 182 valence electrons. The molecule has 0 spiro atoms. The maximum absolute atomic E-state index is 14.1. The SMILES string of the molecule is CCC1=C=C=c2c(c3c(c4ccccc24)=C(c2ccc(F)cc2)/C(=C(\C#N)CC)C=3c2ccc(F)cc2)=C1. The summed E-state index contributed by atoms with van der Waals surface area (Å²) in [5, 5.41) is 16.3. The lowest BCUT2D eigenvalue weighted by Crippen LogP contribution is -2.49. The Morgan fingerprint density at radius 2 is 1.34 bits per heavy atom. The predicted molar refractivity (Wildman–Crippen MR) is 148 cm³/mol. The highest BCUT2D eigenvalue weighted by Gasteiger charge is 2.28. The van der Waals surface area contributed by atoms with Gasteiger partial charge in [0.15, 0.2) is 0 Å². The van der Waals surface area contributed by atoms with Crippen molar-refractivity contribution in [3.05, 3.63) is 139 Å². The van der Waals surface area contributed by atoms with Crippen molar-refractivity contribution >= 4 is 33.7 Å². The Kier molecular flexibility index (Phi) is 5.79. The fourth-order valence-corrected chi connectivity index (χ4v) is 5.60. The quantitative estimate of drug-likeness (QED) is 0.274. The number of fused-ring (bicyclic) bond motifs is 6. The molecule has 1 nitrogen and oxygen atoms in total. The van der Waals surface area contributed by atoms with Gasteiger partial charge in [-0.3, -0.25) is 0 Å². The molecule has 3 heteroatoms. The molecule has 2 aliphatic carbocycles. The molecular weight excluding hydrogens is 472 g/mol. The highest BCUT2D eigenvalue weighted by molar-refractivity contribution is 6.06. The first-order valence-electron chi connectivity index (χ1n) is 12.8. The fourth-order valence-electron chi connectivity index (χ4n) is 5.60. The van der Waals surface area contributed by atoms with Gasteiger partial charge in [0.05, 0.1) is 6.07 Å². The van der Waals surface area contributed by atoms with Crippen LogP contribution in [-0.4, -0.2) is 0 Å². The van der Waals surface area contributed by atoms with Gasteiger partial charge in [0.25, 0.3) is 0 Å². The number of halogens is 2. The minimum absolute atomic E-state index is 0.321. The Morgan fingerprint density at radius 3 is 1.89 bits per heavy atom. The largest absolute Gasteiger partial charge is 0.207 e. The van der Waals surface area contributed by atoms with Crippen molar-refractivity contribution in [1.29, 1.82) is 5.26 Å². The van der Waals surface area contributed by atoms with Crippen LogP contribution in [0.1, 0.15) is 37.8 Å². The van der Waals surface area contributed by atoms with Crippen LogP contribution >= 0.6 is 0 Å². The predicted octanol–water partition coefficient (Wildman–Crippen LogP) is 5.42. The third kappa shape index (κ3) is 3.60. The van der Waals surface area contributed by atoms with Gasteiger partial charge in [-0.05, 0) is 86.7 Å². The minimum atomic E-state index is -0.323. The molecule has 0 bridgehead atoms. The lowest BCUT2D eigenvalue weighted by atomic mass is 9.87. The maximum Gasteiger partial charge on any atom is 0.123 e. The summed E-state index contributed by atoms with van der Waals surface area (Å²) in [5.74, 6) is -0.644. The van der Waals surface area contributed by atoms with Gasteiger partial charge in [-0.15, -0.1) is 0 Å². The lowest BCUT2D eigenvalue weighted by molar-refractivity contribution is 0.627. The Labute approximate surface area is 219 Å². The van der Waals surface area contributed by atoms with Gasteiger partial charge in [0.1, 0.15) is 11.6 Å². The van der Waals surface area contributed by atoms with E-state index in [9.17, 15) is 14.0 Å². The summed E-state index contributed by atoms with van der Waals surface area (Å²) in [4.78, 5) is 0. The van der Waals surface area contributed by atoms with E-state index >= 15 is 0 Å². The molecule has 0 unspecified atom stereocenters. The van der Waals surface area contributed by atoms with Crippen LogP contribution < -0.4 is 20.9 Å². The number of nitrogens with zero attached hydrogens (tertiary/aromatic N) is 1. The van der Waals surface area contributed by atoms with Gasteiger partial charge in [-0.1, -0.05) is 73.8 Å². The Balaban J connectivity index is 2.01. The molecule has 2 aliphatic rings. The van der Waals surface area contributed by atoms with Crippen molar-refractivity contribution in [3.8, 4) is 6.07 Å². The van der Waals surface area contributed by atoms with E-state index in [0.717, 1.165) is 71.5 Å². The zero-order valence-corrected chi connectivity index (χ0v) is 21.1. The molecule has 0 radical (unpaired) electrons. The zero-order valence-electron chi connectivity index (χ0n) is 21.1. The van der Waals surface area contributed by atoms with Crippen molar-refractivity contribution in [2.24, 2.45) is 0 Å². The van der Waals surface area contributed by atoms with Crippen molar-refractivity contribution in [2.45, 2.75) is 26.7 Å². The number of hydrogen-bond donors (Lipinski definition) is 0. The van der Waals surface area contributed by atoms with Crippen LogP contribution in [0.3, 0.4) is 0 Å². The Hall–Kier alpha value is -4.73. The molecule has 0 saturated heterocycles. The first kappa shape index (κ1) is 23.7. The average molecular weight is 496 g/mol. The van der Waals surface area contributed by atoms with E-state index in [1.807, 2.05) is 19.1 Å². The van der Waals surface area contributed by atoms with Crippen LogP contribution in [-0.2, 0) is 0 Å². The highest BCUT2D eigenvalue weighted by Crippen LogP contribution is 2.37. The van der Waals surface area contributed by atoms with Crippen molar-refractivity contribution in [1.82, 2.24) is 0 Å². The van der Waals surface area contributed by atoms with E-state index < -0.39 is 0 Å². The van der Waals surface area contributed by atoms with E-state index in [1.54, 1.807) is 24.3 Å². The molecule has 0 atom stereocenters. The van der Waals surface area contributed by atoms with Crippen LogP contribution in [0.5, 0.6) is 0 Å². The van der Waals surface area contributed by atoms with Crippen LogP contribution in [0.2, 0.25) is 0 Å². The van der Waals surface area contributed by atoms with E-state index in [1.165, 1.54) is 24.3 Å². The van der Waals surface area contributed by atoms with Crippen LogP contribution in [0, 0.1) is 23.0 Å². The first-order valence-corrected chi connectivity index (χ1v) is 12.8. The summed E-state index contributed by atoms with van der Waals surface area (Å²) in [5.41, 5.74) is 12.6. The van der Waals surface area contributed by atoms with Gasteiger partial charge in [-0.2, -0.15) is 5.26 Å². The summed E-state index contributed by atoms with van der Waals surface area (Å²) in [7, 11) is 0. The molecule has 4 aromatic rings. The van der Waals surface area contributed by atoms with Crippen molar-refractivity contribution in [3.63, 3.8) is 0 Å². The molecule has 4 aromatic carbocycles. The van der Waals surface area contributed by atoms with Crippen molar-refractivity contribution < 1.29 is 8.78 Å². The van der Waals surface area contributed by atoms with Gasteiger partial charge in [0.2, 0.25) is 0 Å². The van der Waals surface area contributed by atoms with Crippen LogP contribution in [0.15, 0.2) is 95.2 Å². The van der Waals surface area contributed by atoms with Crippen molar-refractivity contribution in [2.75, 3.05) is 0 Å². The lowest BCUT2D eigenvalue weighted by Gasteiger charge is -2.15. The molecule has 0 aliphatic heterocycles. The van der Waals surface area contributed by atoms with Crippen LogP contribution in [0.4, 0.5) is 8.78 Å². The number of hydrogen-bond acceptors (Lipinski definition) is 1. The minimum Gasteiger partial charge on any atom is -0.207 e. The summed E-state index contributed by atoms with van der Waals surface area (Å²) in [6, 6.07) is 23.5. The molecule has 0 amide bonds. The molecule has 0 saturated carbocycles. The highest BCUT2D eigenvalue weighted by atomic mass is 19.1. The summed E-state index contributed by atoms with van der Waals surface area (Å²) in [6.45, 7) is 4.05. The van der Waals surface area contributed by atoms with Crippen LogP contribution in [0.25, 0.3) is 33.7 Å². The van der Waals surface area contributed by atoms with E-state index in [4.69, 9.17) is 0 Å². The topological polar surface area (TPSA) is 23.8 Å². The molecule has 6 rings (SSSR count). The van der Waals surface area contributed by atoms with Gasteiger partial charge in [0, 0.05) is 27.2 Å². The molecule has 0 heterocycles. The second-order valence-electron chi connectivity index (χ2n) is 9.44. The first-order chi connectivity index (χ1) is 18.5. The molecule has 0 aromatic heterocycles. The number of allylic oxidation sites excluding steroid dienone is 3. The molecule has 0 N–H and O–H groups in total. The average Bonchev–Trinajstić information content (AvgIpc) is 3.30. The summed E-state index contributed by atoms with van der Waals surface area (Å²) in [6.07, 6.45) is 3.48. The standard InChI is InChI=1S/C35H23F2N/c1-3-21-9-18-28-27-7-5-6-8-29(27)34-32(23-10-14-25(36)15-11-23)31(22(4-2)20-38)33(35(34)30(28)19-21)24-12-16-26(37)17-13-24/h5-8,10-17,19H,3-4H2,1-2H3/b31-22+. The molecule has 38 heavy (non-hydrogen) atoms. The molecular formula is C35H23F2N. The smallest absolute Gasteiger partial charge is 0.123 e. The zero-order chi connectivity index (χ0) is 26.4. The van der Waals surface area contributed by atoms with E-state index in [0.29, 0.717) is 12.0 Å².